The summed E-state index contributed by atoms with van der Waals surface area (Å²) in [5, 5.41) is 0. The molecule has 0 aromatic rings. The SMILES string of the molecule is CCCCC=CC=CC=CCN. The first kappa shape index (κ1) is 11.2. The summed E-state index contributed by atoms with van der Waals surface area (Å²) in [5.41, 5.74) is 5.27. The first-order valence-electron chi connectivity index (χ1n) is 4.60. The molecular weight excluding hydrogens is 146 g/mol. The molecule has 0 amide bonds. The maximum Gasteiger partial charge on any atom is 0.0109 e. The van der Waals surface area contributed by atoms with E-state index in [0.717, 1.165) is 0 Å². The van der Waals surface area contributed by atoms with Crippen LogP contribution in [0.2, 0.25) is 0 Å². The smallest absolute Gasteiger partial charge is 0.0109 e. The van der Waals surface area contributed by atoms with Crippen LogP contribution >= 0.6 is 0 Å². The first-order valence-corrected chi connectivity index (χ1v) is 4.60. The summed E-state index contributed by atoms with van der Waals surface area (Å²) < 4.78 is 0. The molecule has 0 aliphatic heterocycles. The molecule has 0 aliphatic carbocycles. The molecule has 0 rings (SSSR count). The summed E-state index contributed by atoms with van der Waals surface area (Å²) in [5.74, 6) is 0. The zero-order valence-corrected chi connectivity index (χ0v) is 7.87. The lowest BCUT2D eigenvalue weighted by Gasteiger charge is -1.85. The number of allylic oxidation sites excluding steroid dienone is 5. The van der Waals surface area contributed by atoms with Gasteiger partial charge in [-0.25, -0.2) is 0 Å². The molecule has 1 nitrogen and oxygen atoms in total. The highest BCUT2D eigenvalue weighted by molar-refractivity contribution is 5.11. The van der Waals surface area contributed by atoms with Crippen LogP contribution in [0.5, 0.6) is 0 Å². The minimum Gasteiger partial charge on any atom is -0.327 e. The zero-order valence-electron chi connectivity index (χ0n) is 7.87. The van der Waals surface area contributed by atoms with E-state index in [1.54, 1.807) is 0 Å². The van der Waals surface area contributed by atoms with Crippen LogP contribution in [0.25, 0.3) is 0 Å². The predicted octanol–water partition coefficient (Wildman–Crippen LogP) is 2.80. The Hall–Kier alpha value is -0.820. The Labute approximate surface area is 75.7 Å². The molecule has 0 spiro atoms. The van der Waals surface area contributed by atoms with Crippen LogP contribution in [0.3, 0.4) is 0 Å². The van der Waals surface area contributed by atoms with Gasteiger partial charge in [-0.1, -0.05) is 56.2 Å². The van der Waals surface area contributed by atoms with E-state index in [2.05, 4.69) is 19.1 Å². The van der Waals surface area contributed by atoms with Crippen LogP contribution < -0.4 is 5.73 Å². The molecule has 2 N–H and O–H groups in total. The van der Waals surface area contributed by atoms with Crippen molar-refractivity contribution >= 4 is 0 Å². The van der Waals surface area contributed by atoms with Gasteiger partial charge in [-0.3, -0.25) is 0 Å². The molecule has 1 heteroatoms. The van der Waals surface area contributed by atoms with Gasteiger partial charge in [0, 0.05) is 6.54 Å². The van der Waals surface area contributed by atoms with Crippen molar-refractivity contribution in [3.8, 4) is 0 Å². The van der Waals surface area contributed by atoms with Crippen molar-refractivity contribution in [2.45, 2.75) is 26.2 Å². The maximum absolute atomic E-state index is 5.27. The van der Waals surface area contributed by atoms with Crippen molar-refractivity contribution in [3.05, 3.63) is 36.5 Å². The second-order valence-corrected chi connectivity index (χ2v) is 2.62. The van der Waals surface area contributed by atoms with Crippen LogP contribution in [0.15, 0.2) is 36.5 Å². The van der Waals surface area contributed by atoms with Gasteiger partial charge in [0.05, 0.1) is 0 Å². The van der Waals surface area contributed by atoms with E-state index in [0.29, 0.717) is 6.54 Å². The van der Waals surface area contributed by atoms with E-state index in [9.17, 15) is 0 Å². The molecular formula is C11H19N. The monoisotopic (exact) mass is 165 g/mol. The van der Waals surface area contributed by atoms with Gasteiger partial charge >= 0.3 is 0 Å². The summed E-state index contributed by atoms with van der Waals surface area (Å²) >= 11 is 0. The van der Waals surface area contributed by atoms with Crippen LogP contribution in [0, 0.1) is 0 Å². The molecule has 0 aliphatic rings. The molecule has 0 unspecified atom stereocenters. The third-order valence-corrected chi connectivity index (χ3v) is 1.47. The fourth-order valence-corrected chi connectivity index (χ4v) is 0.782. The lowest BCUT2D eigenvalue weighted by Crippen LogP contribution is -1.91. The molecule has 0 atom stereocenters. The number of rotatable bonds is 6. The summed E-state index contributed by atoms with van der Waals surface area (Å²) in [6.45, 7) is 2.82. The average molecular weight is 165 g/mol. The number of nitrogens with two attached hydrogens (primary N) is 1. The van der Waals surface area contributed by atoms with Crippen LogP contribution in [-0.2, 0) is 0 Å². The molecule has 0 bridgehead atoms. The van der Waals surface area contributed by atoms with Crippen LogP contribution in [0.1, 0.15) is 26.2 Å². The number of hydrogen-bond donors (Lipinski definition) is 1. The summed E-state index contributed by atoms with van der Waals surface area (Å²) in [4.78, 5) is 0. The van der Waals surface area contributed by atoms with E-state index in [-0.39, 0.29) is 0 Å². The lowest BCUT2D eigenvalue weighted by molar-refractivity contribution is 0.815. The van der Waals surface area contributed by atoms with Gasteiger partial charge in [-0.2, -0.15) is 0 Å². The van der Waals surface area contributed by atoms with E-state index < -0.39 is 0 Å². The quantitative estimate of drug-likeness (QED) is 0.475. The Morgan fingerprint density at radius 2 is 1.67 bits per heavy atom. The molecule has 0 aromatic carbocycles. The molecule has 68 valence electrons. The van der Waals surface area contributed by atoms with Crippen molar-refractivity contribution in [3.63, 3.8) is 0 Å². The Balaban J connectivity index is 3.32. The summed E-state index contributed by atoms with van der Waals surface area (Å²) in [6.07, 6.45) is 15.9. The molecule has 0 saturated carbocycles. The average Bonchev–Trinajstić information content (AvgIpc) is 2.10. The molecule has 0 fully saturated rings. The minimum absolute atomic E-state index is 0.615. The molecule has 0 heterocycles. The Morgan fingerprint density at radius 1 is 1.00 bits per heavy atom. The highest BCUT2D eigenvalue weighted by Gasteiger charge is 1.74. The number of hydrogen-bond acceptors (Lipinski definition) is 1. The van der Waals surface area contributed by atoms with Gasteiger partial charge in [0.2, 0.25) is 0 Å². The van der Waals surface area contributed by atoms with Crippen molar-refractivity contribution in [2.75, 3.05) is 6.54 Å². The third-order valence-electron chi connectivity index (χ3n) is 1.47. The van der Waals surface area contributed by atoms with Crippen molar-refractivity contribution in [2.24, 2.45) is 5.73 Å². The zero-order chi connectivity index (χ0) is 9.07. The molecule has 0 radical (unpaired) electrons. The van der Waals surface area contributed by atoms with Gasteiger partial charge in [-0.05, 0) is 6.42 Å². The largest absolute Gasteiger partial charge is 0.327 e. The Kier molecular flexibility index (Phi) is 9.48. The van der Waals surface area contributed by atoms with E-state index in [1.165, 1.54) is 19.3 Å². The molecule has 0 aromatic heterocycles. The van der Waals surface area contributed by atoms with Crippen LogP contribution in [-0.4, -0.2) is 6.54 Å². The van der Waals surface area contributed by atoms with Gasteiger partial charge in [0.25, 0.3) is 0 Å². The third kappa shape index (κ3) is 9.18. The number of unbranched alkanes of at least 4 members (excludes halogenated alkanes) is 2. The minimum atomic E-state index is 0.615. The highest BCUT2D eigenvalue weighted by atomic mass is 14.5. The van der Waals surface area contributed by atoms with Gasteiger partial charge in [-0.15, -0.1) is 0 Å². The van der Waals surface area contributed by atoms with Crippen molar-refractivity contribution in [1.29, 1.82) is 0 Å². The maximum atomic E-state index is 5.27. The van der Waals surface area contributed by atoms with E-state index in [4.69, 9.17) is 5.73 Å². The first-order chi connectivity index (χ1) is 5.91. The van der Waals surface area contributed by atoms with Crippen molar-refractivity contribution in [1.82, 2.24) is 0 Å². The van der Waals surface area contributed by atoms with Crippen molar-refractivity contribution < 1.29 is 0 Å². The fourth-order valence-electron chi connectivity index (χ4n) is 0.782. The molecule has 0 saturated heterocycles. The molecule has 12 heavy (non-hydrogen) atoms. The second kappa shape index (κ2) is 10.2. The fraction of sp³-hybridized carbons (Fsp3) is 0.455. The second-order valence-electron chi connectivity index (χ2n) is 2.62. The normalized spacial score (nSPS) is 12.5. The standard InChI is InChI=1S/C11H19N/c1-2-3-4-5-6-7-8-9-10-11-12/h5-10H,2-4,11-12H2,1H3. The topological polar surface area (TPSA) is 26.0 Å². The predicted molar refractivity (Wildman–Crippen MR) is 56.0 cm³/mol. The lowest BCUT2D eigenvalue weighted by atomic mass is 10.2. The van der Waals surface area contributed by atoms with E-state index >= 15 is 0 Å². The Bertz CT molecular complexity index is 154. The summed E-state index contributed by atoms with van der Waals surface area (Å²) in [7, 11) is 0. The van der Waals surface area contributed by atoms with Gasteiger partial charge in [0.15, 0.2) is 0 Å². The van der Waals surface area contributed by atoms with Gasteiger partial charge < -0.3 is 5.73 Å². The Morgan fingerprint density at radius 3 is 2.25 bits per heavy atom. The summed E-state index contributed by atoms with van der Waals surface area (Å²) in [6, 6.07) is 0. The highest BCUT2D eigenvalue weighted by Crippen LogP contribution is 1.94. The van der Waals surface area contributed by atoms with Gasteiger partial charge in [0.1, 0.15) is 0 Å². The van der Waals surface area contributed by atoms with E-state index in [1.807, 2.05) is 24.3 Å². The van der Waals surface area contributed by atoms with Crippen LogP contribution in [0.4, 0.5) is 0 Å².